The number of carbonyl (C=O) groups excluding carboxylic acids is 2. The minimum atomic E-state index is -0.572. The molecule has 0 spiro atoms. The van der Waals surface area contributed by atoms with Crippen molar-refractivity contribution in [2.75, 3.05) is 13.6 Å². The van der Waals surface area contributed by atoms with E-state index in [0.29, 0.717) is 24.9 Å². The number of rotatable bonds is 4. The number of amides is 2. The van der Waals surface area contributed by atoms with Crippen LogP contribution < -0.4 is 5.32 Å². The van der Waals surface area contributed by atoms with Crippen LogP contribution in [0.15, 0.2) is 36.9 Å². The van der Waals surface area contributed by atoms with Gasteiger partial charge in [-0.05, 0) is 12.5 Å². The lowest BCUT2D eigenvalue weighted by molar-refractivity contribution is -0.141. The largest absolute Gasteiger partial charge is 0.352 e. The molecule has 2 amide bonds. The highest BCUT2D eigenvalue weighted by Crippen LogP contribution is 2.36. The van der Waals surface area contributed by atoms with E-state index < -0.39 is 17.8 Å². The fourth-order valence-corrected chi connectivity index (χ4v) is 2.76. The molecule has 1 aliphatic heterocycles. The number of likely N-dealkylation sites (tertiary alicyclic amines) is 1. The predicted octanol–water partition coefficient (Wildman–Crippen LogP) is 2.04. The van der Waals surface area contributed by atoms with E-state index >= 15 is 0 Å². The number of piperidine rings is 1. The highest BCUT2D eigenvalue weighted by atomic mass is 19.1. The third-order valence-electron chi connectivity index (χ3n) is 3.84. The normalized spacial score (nSPS) is 22.0. The average Bonchev–Trinajstić information content (AvgIpc) is 2.48. The molecular weight excluding hydrogens is 271 g/mol. The third kappa shape index (κ3) is 3.12. The van der Waals surface area contributed by atoms with Crippen LogP contribution in [0.3, 0.4) is 0 Å². The zero-order valence-electron chi connectivity index (χ0n) is 12.0. The van der Waals surface area contributed by atoms with Gasteiger partial charge in [0.2, 0.25) is 11.8 Å². The SMILES string of the molecule is C=CCNC(=O)[C@H]1CCC(=O)N(C)[C@@H]1c1ccccc1F. The quantitative estimate of drug-likeness (QED) is 0.863. The van der Waals surface area contributed by atoms with Crippen molar-refractivity contribution in [3.8, 4) is 0 Å². The Morgan fingerprint density at radius 1 is 1.52 bits per heavy atom. The van der Waals surface area contributed by atoms with Crippen LogP contribution in [0.2, 0.25) is 0 Å². The van der Waals surface area contributed by atoms with Crippen molar-refractivity contribution in [2.45, 2.75) is 18.9 Å². The lowest BCUT2D eigenvalue weighted by Gasteiger charge is -2.38. The smallest absolute Gasteiger partial charge is 0.225 e. The molecule has 1 aromatic rings. The first-order valence-corrected chi connectivity index (χ1v) is 6.95. The monoisotopic (exact) mass is 290 g/mol. The molecule has 21 heavy (non-hydrogen) atoms. The molecule has 1 N–H and O–H groups in total. The van der Waals surface area contributed by atoms with Crippen LogP contribution in [0.5, 0.6) is 0 Å². The Labute approximate surface area is 123 Å². The molecule has 2 atom stereocenters. The molecule has 0 bridgehead atoms. The van der Waals surface area contributed by atoms with Gasteiger partial charge in [0.15, 0.2) is 0 Å². The fourth-order valence-electron chi connectivity index (χ4n) is 2.76. The van der Waals surface area contributed by atoms with E-state index in [1.54, 1.807) is 31.3 Å². The van der Waals surface area contributed by atoms with Crippen LogP contribution in [-0.4, -0.2) is 30.3 Å². The first-order valence-electron chi connectivity index (χ1n) is 6.95. The summed E-state index contributed by atoms with van der Waals surface area (Å²) in [6.07, 6.45) is 2.31. The topological polar surface area (TPSA) is 49.4 Å². The fraction of sp³-hybridized carbons (Fsp3) is 0.375. The number of nitrogens with one attached hydrogen (secondary N) is 1. The molecule has 0 radical (unpaired) electrons. The summed E-state index contributed by atoms with van der Waals surface area (Å²) in [5.74, 6) is -1.10. The minimum Gasteiger partial charge on any atom is -0.352 e. The van der Waals surface area contributed by atoms with E-state index in [9.17, 15) is 14.0 Å². The van der Waals surface area contributed by atoms with E-state index in [-0.39, 0.29) is 11.8 Å². The molecule has 0 aliphatic carbocycles. The lowest BCUT2D eigenvalue weighted by Crippen LogP contribution is -2.46. The summed E-state index contributed by atoms with van der Waals surface area (Å²) in [6, 6.07) is 5.71. The lowest BCUT2D eigenvalue weighted by atomic mass is 9.83. The molecule has 1 heterocycles. The Balaban J connectivity index is 2.34. The maximum atomic E-state index is 14.1. The Morgan fingerprint density at radius 3 is 2.90 bits per heavy atom. The second kappa shape index (κ2) is 6.52. The van der Waals surface area contributed by atoms with Gasteiger partial charge in [0.05, 0.1) is 12.0 Å². The van der Waals surface area contributed by atoms with Crippen molar-refractivity contribution in [3.05, 3.63) is 48.3 Å². The van der Waals surface area contributed by atoms with Crippen LogP contribution in [0.4, 0.5) is 4.39 Å². The number of benzene rings is 1. The summed E-state index contributed by atoms with van der Waals surface area (Å²) in [6.45, 7) is 3.91. The molecule has 0 unspecified atom stereocenters. The summed E-state index contributed by atoms with van der Waals surface area (Å²) >= 11 is 0. The van der Waals surface area contributed by atoms with Gasteiger partial charge in [-0.15, -0.1) is 6.58 Å². The van der Waals surface area contributed by atoms with Crippen molar-refractivity contribution >= 4 is 11.8 Å². The van der Waals surface area contributed by atoms with Crippen LogP contribution in [0.25, 0.3) is 0 Å². The number of nitrogens with zero attached hydrogens (tertiary/aromatic N) is 1. The zero-order valence-corrected chi connectivity index (χ0v) is 12.0. The van der Waals surface area contributed by atoms with Crippen molar-refractivity contribution in [1.82, 2.24) is 10.2 Å². The molecule has 2 rings (SSSR count). The molecular formula is C16H19FN2O2. The summed E-state index contributed by atoms with van der Waals surface area (Å²) in [5.41, 5.74) is 0.381. The van der Waals surface area contributed by atoms with E-state index in [2.05, 4.69) is 11.9 Å². The predicted molar refractivity (Wildman–Crippen MR) is 77.8 cm³/mol. The van der Waals surface area contributed by atoms with Crippen molar-refractivity contribution in [2.24, 2.45) is 5.92 Å². The van der Waals surface area contributed by atoms with Crippen molar-refractivity contribution in [3.63, 3.8) is 0 Å². The number of halogens is 1. The zero-order chi connectivity index (χ0) is 15.4. The Morgan fingerprint density at radius 2 is 2.24 bits per heavy atom. The van der Waals surface area contributed by atoms with Gasteiger partial charge in [-0.3, -0.25) is 9.59 Å². The van der Waals surface area contributed by atoms with Gasteiger partial charge in [0.1, 0.15) is 5.82 Å². The van der Waals surface area contributed by atoms with Crippen LogP contribution >= 0.6 is 0 Å². The van der Waals surface area contributed by atoms with Gasteiger partial charge >= 0.3 is 0 Å². The summed E-state index contributed by atoms with van der Waals surface area (Å²) < 4.78 is 14.1. The first kappa shape index (κ1) is 15.2. The molecule has 1 fully saturated rings. The Bertz CT molecular complexity index is 559. The molecule has 1 aromatic carbocycles. The molecule has 0 saturated carbocycles. The highest BCUT2D eigenvalue weighted by Gasteiger charge is 2.39. The second-order valence-corrected chi connectivity index (χ2v) is 5.15. The van der Waals surface area contributed by atoms with E-state index in [0.717, 1.165) is 0 Å². The van der Waals surface area contributed by atoms with Crippen molar-refractivity contribution < 1.29 is 14.0 Å². The van der Waals surface area contributed by atoms with Gasteiger partial charge < -0.3 is 10.2 Å². The van der Waals surface area contributed by atoms with Gasteiger partial charge in [-0.2, -0.15) is 0 Å². The Hall–Kier alpha value is -2.17. The van der Waals surface area contributed by atoms with E-state index in [1.165, 1.54) is 11.0 Å². The molecule has 5 heteroatoms. The minimum absolute atomic E-state index is 0.0731. The molecule has 1 aliphatic rings. The van der Waals surface area contributed by atoms with E-state index in [4.69, 9.17) is 0 Å². The number of hydrogen-bond acceptors (Lipinski definition) is 2. The highest BCUT2D eigenvalue weighted by molar-refractivity contribution is 5.85. The maximum absolute atomic E-state index is 14.1. The standard InChI is InChI=1S/C16H19FN2O2/c1-3-10-18-16(21)12-8-9-14(20)19(2)15(12)11-6-4-5-7-13(11)17/h3-7,12,15H,1,8-10H2,2H3,(H,18,21)/t12-,15+/m0/s1. The number of hydrogen-bond donors (Lipinski definition) is 1. The molecule has 4 nitrogen and oxygen atoms in total. The van der Waals surface area contributed by atoms with Crippen LogP contribution in [0, 0.1) is 11.7 Å². The van der Waals surface area contributed by atoms with Gasteiger partial charge in [-0.25, -0.2) is 4.39 Å². The average molecular weight is 290 g/mol. The second-order valence-electron chi connectivity index (χ2n) is 5.15. The summed E-state index contributed by atoms with van der Waals surface area (Å²) in [7, 11) is 1.62. The molecule has 1 saturated heterocycles. The van der Waals surface area contributed by atoms with Crippen molar-refractivity contribution in [1.29, 1.82) is 0 Å². The summed E-state index contributed by atoms with van der Waals surface area (Å²) in [4.78, 5) is 25.7. The Kier molecular flexibility index (Phi) is 4.73. The number of carbonyl (C=O) groups is 2. The summed E-state index contributed by atoms with van der Waals surface area (Å²) in [5, 5.41) is 2.74. The third-order valence-corrected chi connectivity index (χ3v) is 3.84. The van der Waals surface area contributed by atoms with Crippen LogP contribution in [0.1, 0.15) is 24.4 Å². The van der Waals surface area contributed by atoms with Gasteiger partial charge in [0.25, 0.3) is 0 Å². The molecule has 112 valence electrons. The maximum Gasteiger partial charge on any atom is 0.225 e. The van der Waals surface area contributed by atoms with Gasteiger partial charge in [0, 0.05) is 25.6 Å². The van der Waals surface area contributed by atoms with Gasteiger partial charge in [-0.1, -0.05) is 24.3 Å². The molecule has 0 aromatic heterocycles. The van der Waals surface area contributed by atoms with E-state index in [1.807, 2.05) is 0 Å². The first-order chi connectivity index (χ1) is 10.1. The van der Waals surface area contributed by atoms with Crippen LogP contribution in [-0.2, 0) is 9.59 Å².